The standard InChI is InChI=1S/C19H27N3O3/c1-14-13-15(7-8-17(14)20)18(23)21-9-11-22(12-10-21)19(24)25-16-5-3-2-4-6-16/h7-8,13,16H,2-6,9-12,20H2,1H3. The van der Waals surface area contributed by atoms with Crippen LogP contribution in [-0.2, 0) is 4.74 Å². The van der Waals surface area contributed by atoms with Crippen molar-refractivity contribution < 1.29 is 14.3 Å². The molecule has 0 spiro atoms. The lowest BCUT2D eigenvalue weighted by Gasteiger charge is -2.35. The summed E-state index contributed by atoms with van der Waals surface area (Å²) >= 11 is 0. The zero-order valence-corrected chi connectivity index (χ0v) is 14.9. The number of carbonyl (C=O) groups is 2. The minimum Gasteiger partial charge on any atom is -0.446 e. The molecule has 0 bridgehead atoms. The Morgan fingerprint density at radius 2 is 1.68 bits per heavy atom. The smallest absolute Gasteiger partial charge is 0.410 e. The number of nitrogens with zero attached hydrogens (tertiary/aromatic N) is 2. The third-order valence-corrected chi connectivity index (χ3v) is 5.16. The van der Waals surface area contributed by atoms with E-state index in [4.69, 9.17) is 10.5 Å². The molecule has 1 saturated heterocycles. The molecule has 1 aromatic rings. The Balaban J connectivity index is 1.51. The van der Waals surface area contributed by atoms with Crippen LogP contribution in [0.15, 0.2) is 18.2 Å². The molecular weight excluding hydrogens is 318 g/mol. The number of amides is 2. The van der Waals surface area contributed by atoms with Crippen LogP contribution in [0.3, 0.4) is 0 Å². The van der Waals surface area contributed by atoms with Gasteiger partial charge < -0.3 is 20.3 Å². The van der Waals surface area contributed by atoms with Crippen molar-refractivity contribution in [2.45, 2.75) is 45.1 Å². The van der Waals surface area contributed by atoms with Crippen LogP contribution in [0.2, 0.25) is 0 Å². The van der Waals surface area contributed by atoms with Crippen LogP contribution in [0.1, 0.15) is 48.0 Å². The summed E-state index contributed by atoms with van der Waals surface area (Å²) in [6.07, 6.45) is 5.30. The first-order valence-corrected chi connectivity index (χ1v) is 9.15. The summed E-state index contributed by atoms with van der Waals surface area (Å²) in [6, 6.07) is 5.34. The molecular formula is C19H27N3O3. The highest BCUT2D eigenvalue weighted by Crippen LogP contribution is 2.21. The number of nitrogens with two attached hydrogens (primary N) is 1. The summed E-state index contributed by atoms with van der Waals surface area (Å²) in [5.41, 5.74) is 8.05. The van der Waals surface area contributed by atoms with Gasteiger partial charge in [0.2, 0.25) is 0 Å². The molecule has 6 nitrogen and oxygen atoms in total. The van der Waals surface area contributed by atoms with E-state index >= 15 is 0 Å². The summed E-state index contributed by atoms with van der Waals surface area (Å²) < 4.78 is 5.61. The molecule has 0 atom stereocenters. The van der Waals surface area contributed by atoms with Gasteiger partial charge in [0.05, 0.1) is 0 Å². The number of aryl methyl sites for hydroxylation is 1. The van der Waals surface area contributed by atoms with E-state index in [1.54, 1.807) is 21.9 Å². The third-order valence-electron chi connectivity index (χ3n) is 5.16. The number of hydrogen-bond acceptors (Lipinski definition) is 4. The molecule has 1 aromatic carbocycles. The zero-order valence-electron chi connectivity index (χ0n) is 14.9. The fourth-order valence-electron chi connectivity index (χ4n) is 3.48. The molecule has 136 valence electrons. The summed E-state index contributed by atoms with van der Waals surface area (Å²) in [7, 11) is 0. The fourth-order valence-corrected chi connectivity index (χ4v) is 3.48. The lowest BCUT2D eigenvalue weighted by molar-refractivity contribution is 0.0306. The Labute approximate surface area is 148 Å². The average molecular weight is 345 g/mol. The van der Waals surface area contributed by atoms with Crippen molar-refractivity contribution in [3.05, 3.63) is 29.3 Å². The highest BCUT2D eigenvalue weighted by atomic mass is 16.6. The van der Waals surface area contributed by atoms with Crippen molar-refractivity contribution in [3.8, 4) is 0 Å². The molecule has 6 heteroatoms. The Kier molecular flexibility index (Phi) is 5.46. The summed E-state index contributed by atoms with van der Waals surface area (Å²) in [5, 5.41) is 0. The van der Waals surface area contributed by atoms with Crippen LogP contribution < -0.4 is 5.73 Å². The van der Waals surface area contributed by atoms with Gasteiger partial charge in [0.15, 0.2) is 0 Å². The topological polar surface area (TPSA) is 75.9 Å². The second-order valence-corrected chi connectivity index (χ2v) is 6.99. The Bertz CT molecular complexity index is 633. The normalized spacial score (nSPS) is 18.9. The number of hydrogen-bond donors (Lipinski definition) is 1. The van der Waals surface area contributed by atoms with E-state index in [1.807, 2.05) is 13.0 Å². The molecule has 1 saturated carbocycles. The number of carbonyl (C=O) groups excluding carboxylic acids is 2. The van der Waals surface area contributed by atoms with Crippen molar-refractivity contribution in [1.29, 1.82) is 0 Å². The van der Waals surface area contributed by atoms with E-state index in [-0.39, 0.29) is 18.1 Å². The van der Waals surface area contributed by atoms with Crippen LogP contribution in [-0.4, -0.2) is 54.1 Å². The second kappa shape index (κ2) is 7.76. The van der Waals surface area contributed by atoms with Crippen LogP contribution >= 0.6 is 0 Å². The lowest BCUT2D eigenvalue weighted by Crippen LogP contribution is -2.51. The van der Waals surface area contributed by atoms with Crippen molar-refractivity contribution in [2.75, 3.05) is 31.9 Å². The van der Waals surface area contributed by atoms with E-state index in [1.165, 1.54) is 6.42 Å². The summed E-state index contributed by atoms with van der Waals surface area (Å²) in [6.45, 7) is 3.99. The number of rotatable bonds is 2. The number of piperazine rings is 1. The first-order valence-electron chi connectivity index (χ1n) is 9.15. The highest BCUT2D eigenvalue weighted by Gasteiger charge is 2.27. The van der Waals surface area contributed by atoms with Gasteiger partial charge in [-0.1, -0.05) is 6.42 Å². The first kappa shape index (κ1) is 17.6. The third kappa shape index (κ3) is 4.24. The Morgan fingerprint density at radius 3 is 2.32 bits per heavy atom. The van der Waals surface area contributed by atoms with Gasteiger partial charge in [0.25, 0.3) is 5.91 Å². The highest BCUT2D eigenvalue weighted by molar-refractivity contribution is 5.95. The number of benzene rings is 1. The molecule has 1 heterocycles. The SMILES string of the molecule is Cc1cc(C(=O)N2CCN(C(=O)OC3CCCCC3)CC2)ccc1N. The predicted octanol–water partition coefficient (Wildman–Crippen LogP) is 2.80. The Morgan fingerprint density at radius 1 is 1.04 bits per heavy atom. The molecule has 2 amide bonds. The molecule has 2 N–H and O–H groups in total. The van der Waals surface area contributed by atoms with Gasteiger partial charge in [-0.05, 0) is 56.4 Å². The van der Waals surface area contributed by atoms with Crippen molar-refractivity contribution >= 4 is 17.7 Å². The van der Waals surface area contributed by atoms with Crippen LogP contribution in [0, 0.1) is 6.92 Å². The number of ether oxygens (including phenoxy) is 1. The molecule has 0 aromatic heterocycles. The van der Waals surface area contributed by atoms with Crippen LogP contribution in [0.5, 0.6) is 0 Å². The summed E-state index contributed by atoms with van der Waals surface area (Å²) in [4.78, 5) is 28.4. The Hall–Kier alpha value is -2.24. The predicted molar refractivity (Wildman–Crippen MR) is 96.4 cm³/mol. The minimum absolute atomic E-state index is 0.0107. The second-order valence-electron chi connectivity index (χ2n) is 6.99. The molecule has 2 fully saturated rings. The molecule has 0 radical (unpaired) electrons. The van der Waals surface area contributed by atoms with Gasteiger partial charge in [-0.15, -0.1) is 0 Å². The maximum Gasteiger partial charge on any atom is 0.410 e. The maximum atomic E-state index is 12.6. The average Bonchev–Trinajstić information content (AvgIpc) is 2.64. The van der Waals surface area contributed by atoms with Crippen molar-refractivity contribution in [2.24, 2.45) is 0 Å². The summed E-state index contributed by atoms with van der Waals surface area (Å²) in [5.74, 6) is -0.0107. The molecule has 1 aliphatic heterocycles. The van der Waals surface area contributed by atoms with E-state index < -0.39 is 0 Å². The molecule has 3 rings (SSSR count). The molecule has 25 heavy (non-hydrogen) atoms. The van der Waals surface area contributed by atoms with Gasteiger partial charge in [0.1, 0.15) is 6.10 Å². The van der Waals surface area contributed by atoms with Crippen molar-refractivity contribution in [3.63, 3.8) is 0 Å². The van der Waals surface area contributed by atoms with Crippen molar-refractivity contribution in [1.82, 2.24) is 9.80 Å². The minimum atomic E-state index is -0.234. The van der Waals surface area contributed by atoms with Gasteiger partial charge in [0, 0.05) is 37.4 Å². The van der Waals surface area contributed by atoms with E-state index in [9.17, 15) is 9.59 Å². The van der Waals surface area contributed by atoms with Gasteiger partial charge in [-0.25, -0.2) is 4.79 Å². The van der Waals surface area contributed by atoms with Crippen LogP contribution in [0.4, 0.5) is 10.5 Å². The van der Waals surface area contributed by atoms with Crippen LogP contribution in [0.25, 0.3) is 0 Å². The number of anilines is 1. The largest absolute Gasteiger partial charge is 0.446 e. The van der Waals surface area contributed by atoms with E-state index in [0.29, 0.717) is 37.4 Å². The fraction of sp³-hybridized carbons (Fsp3) is 0.579. The lowest BCUT2D eigenvalue weighted by atomic mass is 9.98. The zero-order chi connectivity index (χ0) is 17.8. The van der Waals surface area contributed by atoms with Gasteiger partial charge in [-0.3, -0.25) is 4.79 Å². The molecule has 2 aliphatic rings. The van der Waals surface area contributed by atoms with Gasteiger partial charge >= 0.3 is 6.09 Å². The number of nitrogen functional groups attached to an aromatic ring is 1. The quantitative estimate of drug-likeness (QED) is 0.836. The van der Waals surface area contributed by atoms with E-state index in [2.05, 4.69) is 0 Å². The monoisotopic (exact) mass is 345 g/mol. The first-order chi connectivity index (χ1) is 12.0. The van der Waals surface area contributed by atoms with Gasteiger partial charge in [-0.2, -0.15) is 0 Å². The molecule has 0 unspecified atom stereocenters. The molecule has 1 aliphatic carbocycles. The van der Waals surface area contributed by atoms with E-state index in [0.717, 1.165) is 31.2 Å². The maximum absolute atomic E-state index is 12.6.